The van der Waals surface area contributed by atoms with Crippen LogP contribution in [0.5, 0.6) is 0 Å². The van der Waals surface area contributed by atoms with Gasteiger partial charge < -0.3 is 15.4 Å². The maximum atomic E-state index is 12.0. The molecule has 1 saturated heterocycles. The van der Waals surface area contributed by atoms with Gasteiger partial charge in [0.05, 0.1) is 18.7 Å². The van der Waals surface area contributed by atoms with Crippen molar-refractivity contribution in [3.05, 3.63) is 48.0 Å². The van der Waals surface area contributed by atoms with Gasteiger partial charge in [0.1, 0.15) is 0 Å². The quantitative estimate of drug-likeness (QED) is 0.862. The van der Waals surface area contributed by atoms with E-state index in [1.807, 2.05) is 19.1 Å². The van der Waals surface area contributed by atoms with Crippen LogP contribution in [0.4, 0.5) is 0 Å². The minimum Gasteiger partial charge on any atom is -0.377 e. The fourth-order valence-corrected chi connectivity index (χ4v) is 3.00. The average Bonchev–Trinajstić information content (AvgIpc) is 3.07. The number of carbonyl (C=O) groups excluding carboxylic acids is 1. The lowest BCUT2D eigenvalue weighted by molar-refractivity contribution is -0.120. The molecule has 4 heteroatoms. The topological polar surface area (TPSA) is 50.4 Å². The van der Waals surface area contributed by atoms with Crippen LogP contribution in [0.1, 0.15) is 31.4 Å². The van der Waals surface area contributed by atoms with Crippen LogP contribution >= 0.6 is 0 Å². The van der Waals surface area contributed by atoms with Crippen molar-refractivity contribution in [3.8, 4) is 0 Å². The molecule has 122 valence electrons. The van der Waals surface area contributed by atoms with E-state index in [1.165, 1.54) is 10.8 Å². The van der Waals surface area contributed by atoms with Crippen LogP contribution in [0.2, 0.25) is 0 Å². The standard InChI is InChI=1S/C19H24N2O2/c1-14(16-9-8-15-5-2-3-6-17(15)11-16)21-19(22)13-20-12-18-7-4-10-23-18/h2-3,5-6,8-9,11,14,18,20H,4,7,10,12-13H2,1H3,(H,21,22). The van der Waals surface area contributed by atoms with E-state index in [4.69, 9.17) is 4.74 Å². The highest BCUT2D eigenvalue weighted by atomic mass is 16.5. The van der Waals surface area contributed by atoms with Crippen LogP contribution in [-0.2, 0) is 9.53 Å². The van der Waals surface area contributed by atoms with E-state index >= 15 is 0 Å². The number of rotatable bonds is 6. The predicted octanol–water partition coefficient (Wildman–Crippen LogP) is 2.79. The smallest absolute Gasteiger partial charge is 0.234 e. The Morgan fingerprint density at radius 2 is 2.09 bits per heavy atom. The molecule has 1 fully saturated rings. The molecule has 3 rings (SSSR count). The first-order valence-corrected chi connectivity index (χ1v) is 8.33. The number of hydrogen-bond acceptors (Lipinski definition) is 3. The SMILES string of the molecule is CC(NC(=O)CNCC1CCCO1)c1ccc2ccccc2c1. The highest BCUT2D eigenvalue weighted by Crippen LogP contribution is 2.20. The van der Waals surface area contributed by atoms with Crippen molar-refractivity contribution in [2.45, 2.75) is 31.9 Å². The van der Waals surface area contributed by atoms with Gasteiger partial charge in [0.15, 0.2) is 0 Å². The van der Waals surface area contributed by atoms with Crippen LogP contribution in [-0.4, -0.2) is 31.7 Å². The van der Waals surface area contributed by atoms with Crippen molar-refractivity contribution < 1.29 is 9.53 Å². The van der Waals surface area contributed by atoms with Gasteiger partial charge in [-0.3, -0.25) is 4.79 Å². The minimum atomic E-state index is -0.00311. The van der Waals surface area contributed by atoms with E-state index in [9.17, 15) is 4.79 Å². The zero-order valence-corrected chi connectivity index (χ0v) is 13.5. The van der Waals surface area contributed by atoms with E-state index in [1.54, 1.807) is 0 Å². The van der Waals surface area contributed by atoms with E-state index in [2.05, 4.69) is 41.0 Å². The summed E-state index contributed by atoms with van der Waals surface area (Å²) in [5.41, 5.74) is 1.12. The summed E-state index contributed by atoms with van der Waals surface area (Å²) in [4.78, 5) is 12.0. The monoisotopic (exact) mass is 312 g/mol. The van der Waals surface area contributed by atoms with Gasteiger partial charge in [-0.2, -0.15) is 0 Å². The molecule has 4 nitrogen and oxygen atoms in total. The first kappa shape index (κ1) is 16.0. The Morgan fingerprint density at radius 1 is 1.26 bits per heavy atom. The summed E-state index contributed by atoms with van der Waals surface area (Å²) in [5, 5.41) is 8.63. The van der Waals surface area contributed by atoms with Gasteiger partial charge in [-0.1, -0.05) is 36.4 Å². The number of ether oxygens (including phenoxy) is 1. The molecule has 2 atom stereocenters. The summed E-state index contributed by atoms with van der Waals surface area (Å²) in [7, 11) is 0. The molecule has 1 aliphatic heterocycles. The van der Waals surface area contributed by atoms with Crippen molar-refractivity contribution in [2.24, 2.45) is 0 Å². The molecule has 1 aliphatic rings. The third-order valence-corrected chi connectivity index (χ3v) is 4.33. The molecule has 23 heavy (non-hydrogen) atoms. The number of benzene rings is 2. The van der Waals surface area contributed by atoms with Gasteiger partial charge in [0.25, 0.3) is 0 Å². The van der Waals surface area contributed by atoms with E-state index in [0.717, 1.165) is 31.6 Å². The lowest BCUT2D eigenvalue weighted by atomic mass is 10.0. The summed E-state index contributed by atoms with van der Waals surface area (Å²) in [5.74, 6) is 0.0173. The zero-order chi connectivity index (χ0) is 16.1. The molecule has 0 saturated carbocycles. The van der Waals surface area contributed by atoms with E-state index in [0.29, 0.717) is 6.54 Å². The molecule has 2 N–H and O–H groups in total. The number of hydrogen-bond donors (Lipinski definition) is 2. The molecule has 2 aromatic carbocycles. The molecule has 0 bridgehead atoms. The summed E-state index contributed by atoms with van der Waals surface area (Å²) in [6, 6.07) is 14.6. The van der Waals surface area contributed by atoms with E-state index < -0.39 is 0 Å². The number of amides is 1. The van der Waals surface area contributed by atoms with Gasteiger partial charge in [-0.25, -0.2) is 0 Å². The summed E-state index contributed by atoms with van der Waals surface area (Å²) in [6.07, 6.45) is 2.47. The maximum absolute atomic E-state index is 12.0. The minimum absolute atomic E-state index is 0.00311. The average molecular weight is 312 g/mol. The zero-order valence-electron chi connectivity index (χ0n) is 13.5. The third kappa shape index (κ3) is 4.30. The van der Waals surface area contributed by atoms with Crippen molar-refractivity contribution in [2.75, 3.05) is 19.7 Å². The fraction of sp³-hybridized carbons (Fsp3) is 0.421. The Labute approximate surface area is 137 Å². The fourth-order valence-electron chi connectivity index (χ4n) is 3.00. The first-order valence-electron chi connectivity index (χ1n) is 8.33. The Morgan fingerprint density at radius 3 is 2.87 bits per heavy atom. The molecule has 2 unspecified atom stereocenters. The van der Waals surface area contributed by atoms with Crippen LogP contribution in [0.25, 0.3) is 10.8 Å². The largest absolute Gasteiger partial charge is 0.377 e. The second-order valence-corrected chi connectivity index (χ2v) is 6.16. The molecule has 0 radical (unpaired) electrons. The molecule has 1 heterocycles. The summed E-state index contributed by atoms with van der Waals surface area (Å²) in [6.45, 7) is 3.94. The van der Waals surface area contributed by atoms with Crippen molar-refractivity contribution in [1.29, 1.82) is 0 Å². The Kier molecular flexibility index (Phi) is 5.26. The second-order valence-electron chi connectivity index (χ2n) is 6.16. The lowest BCUT2D eigenvalue weighted by Crippen LogP contribution is -2.38. The van der Waals surface area contributed by atoms with Crippen molar-refractivity contribution in [1.82, 2.24) is 10.6 Å². The van der Waals surface area contributed by atoms with Gasteiger partial charge in [0.2, 0.25) is 5.91 Å². The van der Waals surface area contributed by atoms with Crippen molar-refractivity contribution in [3.63, 3.8) is 0 Å². The lowest BCUT2D eigenvalue weighted by Gasteiger charge is -2.16. The van der Waals surface area contributed by atoms with Gasteiger partial charge in [0, 0.05) is 13.2 Å². The molecule has 0 aliphatic carbocycles. The number of carbonyl (C=O) groups is 1. The van der Waals surface area contributed by atoms with Crippen LogP contribution < -0.4 is 10.6 Å². The second kappa shape index (κ2) is 7.57. The van der Waals surface area contributed by atoms with Crippen molar-refractivity contribution >= 4 is 16.7 Å². The highest BCUT2D eigenvalue weighted by Gasteiger charge is 2.15. The Balaban J connectivity index is 1.50. The Bertz CT molecular complexity index is 665. The number of fused-ring (bicyclic) bond motifs is 1. The van der Waals surface area contributed by atoms with E-state index in [-0.39, 0.29) is 18.1 Å². The number of nitrogens with one attached hydrogen (secondary N) is 2. The summed E-state index contributed by atoms with van der Waals surface area (Å²) < 4.78 is 5.53. The van der Waals surface area contributed by atoms with Gasteiger partial charge in [-0.05, 0) is 42.2 Å². The van der Waals surface area contributed by atoms with Crippen LogP contribution in [0, 0.1) is 0 Å². The predicted molar refractivity (Wildman–Crippen MR) is 92.3 cm³/mol. The van der Waals surface area contributed by atoms with Crippen LogP contribution in [0.3, 0.4) is 0 Å². The molecular weight excluding hydrogens is 288 g/mol. The third-order valence-electron chi connectivity index (χ3n) is 4.33. The molecular formula is C19H24N2O2. The van der Waals surface area contributed by atoms with Gasteiger partial charge >= 0.3 is 0 Å². The maximum Gasteiger partial charge on any atom is 0.234 e. The highest BCUT2D eigenvalue weighted by molar-refractivity contribution is 5.83. The van der Waals surface area contributed by atoms with Crippen LogP contribution in [0.15, 0.2) is 42.5 Å². The molecule has 2 aromatic rings. The summed E-state index contributed by atoms with van der Waals surface area (Å²) >= 11 is 0. The molecule has 0 aromatic heterocycles. The molecule has 0 spiro atoms. The Hall–Kier alpha value is -1.91. The normalized spacial score (nSPS) is 18.9. The molecule has 1 amide bonds. The van der Waals surface area contributed by atoms with Gasteiger partial charge in [-0.15, -0.1) is 0 Å². The first-order chi connectivity index (χ1) is 11.2.